The molecule has 1 saturated heterocycles. The number of unbranched alkanes of at least 4 members (excludes halogenated alkanes) is 5. The van der Waals surface area contributed by atoms with Gasteiger partial charge in [-0.15, -0.1) is 0 Å². The van der Waals surface area contributed by atoms with Crippen LogP contribution in [0.5, 0.6) is 0 Å². The van der Waals surface area contributed by atoms with Crippen molar-refractivity contribution < 1.29 is 29.3 Å². The van der Waals surface area contributed by atoms with Crippen molar-refractivity contribution in [3.05, 3.63) is 84.5 Å². The number of aliphatic hydroxyl groups is 2. The summed E-state index contributed by atoms with van der Waals surface area (Å²) in [4.78, 5) is 42.7. The van der Waals surface area contributed by atoms with Crippen LogP contribution in [0.3, 0.4) is 0 Å². The van der Waals surface area contributed by atoms with Crippen molar-refractivity contribution in [2.75, 3.05) is 0 Å². The minimum absolute atomic E-state index is 0.0135. The molecule has 1 saturated carbocycles. The van der Waals surface area contributed by atoms with E-state index in [4.69, 9.17) is 4.74 Å². The number of aliphatic hydroxyl groups excluding tert-OH is 1. The highest BCUT2D eigenvalue weighted by atomic mass is 16.6. The standard InChI is InChI=1S/C45H65NO6/c1-7-8-9-10-11-12-13-14-15-17-21-31(2)26-27-40(48)52-39-29-38(47)45-36(25-20-22-32(3)30-44(39,6)51)42(49)34(5)33(4)41(45)37(46-43(45)50)28-35-23-18-16-19-24-35/h13-20,23-25,31-33,36-37,39,41-42,49,51H,5,7-12,21-22,26-30H2,1-4,6H3,(H,46,50). The number of hydrogen-bond donors (Lipinski definition) is 3. The van der Waals surface area contributed by atoms with Gasteiger partial charge in [0.05, 0.1) is 11.7 Å². The van der Waals surface area contributed by atoms with E-state index in [1.54, 1.807) is 6.92 Å². The summed E-state index contributed by atoms with van der Waals surface area (Å²) in [5.41, 5.74) is -1.49. The first-order chi connectivity index (χ1) is 24.8. The Morgan fingerprint density at radius 3 is 2.54 bits per heavy atom. The lowest BCUT2D eigenvalue weighted by Gasteiger charge is -2.49. The van der Waals surface area contributed by atoms with E-state index in [-0.39, 0.29) is 36.6 Å². The molecule has 10 atom stereocenters. The third-order valence-corrected chi connectivity index (χ3v) is 12.0. The maximum absolute atomic E-state index is 14.9. The lowest BCUT2D eigenvalue weighted by atomic mass is 9.51. The third kappa shape index (κ3) is 10.0. The van der Waals surface area contributed by atoms with Crippen molar-refractivity contribution in [3.63, 3.8) is 0 Å². The quantitative estimate of drug-likeness (QED) is 0.0553. The Kier molecular flexibility index (Phi) is 15.3. The Labute approximate surface area is 313 Å². The second-order valence-corrected chi connectivity index (χ2v) is 16.4. The summed E-state index contributed by atoms with van der Waals surface area (Å²) in [7, 11) is 0. The van der Waals surface area contributed by atoms with Gasteiger partial charge in [0.1, 0.15) is 11.5 Å². The molecule has 2 aliphatic carbocycles. The molecule has 3 N–H and O–H groups in total. The predicted molar refractivity (Wildman–Crippen MR) is 208 cm³/mol. The Morgan fingerprint density at radius 2 is 1.81 bits per heavy atom. The smallest absolute Gasteiger partial charge is 0.306 e. The number of carbonyl (C=O) groups excluding carboxylic acids is 3. The lowest BCUT2D eigenvalue weighted by molar-refractivity contribution is -0.171. The van der Waals surface area contributed by atoms with Crippen LogP contribution in [0, 0.1) is 35.0 Å². The van der Waals surface area contributed by atoms with E-state index in [1.165, 1.54) is 32.1 Å². The number of rotatable bonds is 15. The number of benzene rings is 1. The van der Waals surface area contributed by atoms with Gasteiger partial charge in [0.2, 0.25) is 5.91 Å². The number of ketones is 1. The molecule has 52 heavy (non-hydrogen) atoms. The van der Waals surface area contributed by atoms with Crippen LogP contribution in [0.15, 0.2) is 78.9 Å². The highest BCUT2D eigenvalue weighted by Gasteiger charge is 2.68. The van der Waals surface area contributed by atoms with E-state index < -0.39 is 52.7 Å². The normalized spacial score (nSPS) is 33.1. The molecule has 7 heteroatoms. The van der Waals surface area contributed by atoms with E-state index >= 15 is 0 Å². The molecule has 4 rings (SSSR count). The summed E-state index contributed by atoms with van der Waals surface area (Å²) in [6.07, 6.45) is 20.1. The summed E-state index contributed by atoms with van der Waals surface area (Å²) in [6, 6.07) is 9.48. The fraction of sp³-hybridized carbons (Fsp3) is 0.622. The van der Waals surface area contributed by atoms with Gasteiger partial charge in [-0.25, -0.2) is 0 Å². The van der Waals surface area contributed by atoms with Gasteiger partial charge < -0.3 is 20.3 Å². The summed E-state index contributed by atoms with van der Waals surface area (Å²) in [5, 5.41) is 26.7. The van der Waals surface area contributed by atoms with Crippen LogP contribution >= 0.6 is 0 Å². The first kappa shape index (κ1) is 41.5. The largest absolute Gasteiger partial charge is 0.459 e. The number of allylic oxidation sites excluding steroid dienone is 5. The van der Waals surface area contributed by atoms with Crippen molar-refractivity contribution in [2.45, 2.75) is 142 Å². The highest BCUT2D eigenvalue weighted by molar-refractivity contribution is 6.09. The second-order valence-electron chi connectivity index (χ2n) is 16.4. The highest BCUT2D eigenvalue weighted by Crippen LogP contribution is 2.57. The summed E-state index contributed by atoms with van der Waals surface area (Å²) >= 11 is 0. The van der Waals surface area contributed by atoms with Crippen LogP contribution in [0.4, 0.5) is 0 Å². The maximum atomic E-state index is 14.9. The van der Waals surface area contributed by atoms with Gasteiger partial charge >= 0.3 is 5.97 Å². The summed E-state index contributed by atoms with van der Waals surface area (Å²) < 4.78 is 6.04. The van der Waals surface area contributed by atoms with Gasteiger partial charge in [-0.05, 0) is 80.8 Å². The number of esters is 1. The zero-order valence-electron chi connectivity index (χ0n) is 32.4. The Balaban J connectivity index is 1.50. The van der Waals surface area contributed by atoms with Crippen molar-refractivity contribution in [1.29, 1.82) is 0 Å². The van der Waals surface area contributed by atoms with E-state index in [0.29, 0.717) is 31.3 Å². The van der Waals surface area contributed by atoms with Crippen LogP contribution < -0.4 is 5.32 Å². The second kappa shape index (κ2) is 19.2. The number of amides is 1. The Bertz CT molecular complexity index is 1440. The van der Waals surface area contributed by atoms with Crippen LogP contribution in [-0.2, 0) is 25.5 Å². The van der Waals surface area contributed by atoms with Gasteiger partial charge in [0, 0.05) is 30.7 Å². The minimum Gasteiger partial charge on any atom is -0.459 e. The molecular weight excluding hydrogens is 650 g/mol. The average Bonchev–Trinajstić information content (AvgIpc) is 3.39. The fourth-order valence-corrected chi connectivity index (χ4v) is 8.98. The molecule has 286 valence electrons. The number of nitrogens with one attached hydrogen (secondary N) is 1. The molecule has 3 aliphatic rings. The first-order valence-electron chi connectivity index (χ1n) is 20.0. The van der Waals surface area contributed by atoms with Gasteiger partial charge in [0.25, 0.3) is 0 Å². The molecule has 0 radical (unpaired) electrons. The van der Waals surface area contributed by atoms with E-state index in [1.807, 2.05) is 56.3 Å². The SMILES string of the molecule is C=C1C(C)C2C(Cc3ccccc3)NC(=O)C23C(=O)CC(OC(=O)CCC(C)CC=CC=CCCCCCCC)C(C)(O)CC(C)CC=CC3C1O. The van der Waals surface area contributed by atoms with Gasteiger partial charge in [-0.3, -0.25) is 14.4 Å². The monoisotopic (exact) mass is 715 g/mol. The lowest BCUT2D eigenvalue weighted by Crippen LogP contribution is -2.59. The Morgan fingerprint density at radius 1 is 1.10 bits per heavy atom. The molecule has 0 bridgehead atoms. The molecule has 1 spiro atoms. The fourth-order valence-electron chi connectivity index (χ4n) is 8.98. The molecule has 1 aromatic rings. The molecule has 0 aromatic heterocycles. The number of ether oxygens (including phenoxy) is 1. The third-order valence-electron chi connectivity index (χ3n) is 12.0. The molecule has 1 heterocycles. The van der Waals surface area contributed by atoms with Crippen LogP contribution in [-0.4, -0.2) is 51.7 Å². The molecule has 1 aromatic carbocycles. The Hall–Kier alpha value is -3.29. The molecular formula is C45H65NO6. The van der Waals surface area contributed by atoms with Crippen molar-refractivity contribution >= 4 is 17.7 Å². The number of carbonyl (C=O) groups is 3. The zero-order chi connectivity index (χ0) is 37.9. The molecule has 10 unspecified atom stereocenters. The topological polar surface area (TPSA) is 113 Å². The van der Waals surface area contributed by atoms with Crippen molar-refractivity contribution in [1.82, 2.24) is 5.32 Å². The van der Waals surface area contributed by atoms with Gasteiger partial charge in [-0.2, -0.15) is 0 Å². The van der Waals surface area contributed by atoms with Crippen molar-refractivity contribution in [2.24, 2.45) is 35.0 Å². The molecule has 7 nitrogen and oxygen atoms in total. The van der Waals surface area contributed by atoms with Gasteiger partial charge in [0.15, 0.2) is 5.78 Å². The van der Waals surface area contributed by atoms with Crippen molar-refractivity contribution in [3.8, 4) is 0 Å². The first-order valence-corrected chi connectivity index (χ1v) is 20.0. The molecule has 1 aliphatic heterocycles. The molecule has 2 fully saturated rings. The maximum Gasteiger partial charge on any atom is 0.306 e. The zero-order valence-corrected chi connectivity index (χ0v) is 32.4. The van der Waals surface area contributed by atoms with E-state index in [9.17, 15) is 24.6 Å². The molecule has 1 amide bonds. The summed E-state index contributed by atoms with van der Waals surface area (Å²) in [6.45, 7) is 14.1. The number of hydrogen-bond acceptors (Lipinski definition) is 6. The van der Waals surface area contributed by atoms with E-state index in [2.05, 4.69) is 50.0 Å². The van der Waals surface area contributed by atoms with Crippen LogP contribution in [0.25, 0.3) is 0 Å². The van der Waals surface area contributed by atoms with Crippen LogP contribution in [0.2, 0.25) is 0 Å². The van der Waals surface area contributed by atoms with Crippen LogP contribution in [0.1, 0.15) is 117 Å². The number of Topliss-reactive ketones (excluding diaryl/α,β-unsaturated/α-hetero) is 1. The van der Waals surface area contributed by atoms with Gasteiger partial charge in [-0.1, -0.05) is 127 Å². The predicted octanol–water partition coefficient (Wildman–Crippen LogP) is 8.40. The van der Waals surface area contributed by atoms with E-state index in [0.717, 1.165) is 18.4 Å². The minimum atomic E-state index is -1.62. The summed E-state index contributed by atoms with van der Waals surface area (Å²) in [5.74, 6) is -2.75. The average molecular weight is 716 g/mol.